The summed E-state index contributed by atoms with van der Waals surface area (Å²) in [5, 5.41) is 10.8. The van der Waals surface area contributed by atoms with Gasteiger partial charge in [0.1, 0.15) is 11.4 Å². The van der Waals surface area contributed by atoms with Gasteiger partial charge in [-0.3, -0.25) is 9.97 Å². The highest BCUT2D eigenvalue weighted by atomic mass is 16.3. The summed E-state index contributed by atoms with van der Waals surface area (Å²) < 4.78 is 0. The Morgan fingerprint density at radius 2 is 1.71 bits per heavy atom. The molecule has 1 N–H and O–H groups in total. The molecule has 0 radical (unpaired) electrons. The molecular formula is C14H10N2O. The summed E-state index contributed by atoms with van der Waals surface area (Å²) >= 11 is 0. The number of aromatic nitrogens is 2. The van der Waals surface area contributed by atoms with Gasteiger partial charge in [0.25, 0.3) is 0 Å². The Balaban J connectivity index is 2.22. The largest absolute Gasteiger partial charge is 0.506 e. The number of hydrogen-bond donors (Lipinski definition) is 1. The quantitative estimate of drug-likeness (QED) is 0.688. The Hall–Kier alpha value is -2.42. The van der Waals surface area contributed by atoms with Crippen molar-refractivity contribution in [1.82, 2.24) is 9.97 Å². The van der Waals surface area contributed by atoms with Crippen molar-refractivity contribution in [3.05, 3.63) is 54.9 Å². The fourth-order valence-electron chi connectivity index (χ4n) is 1.84. The molecule has 3 rings (SSSR count). The molecular weight excluding hydrogens is 212 g/mol. The van der Waals surface area contributed by atoms with Gasteiger partial charge in [0.15, 0.2) is 0 Å². The van der Waals surface area contributed by atoms with E-state index >= 15 is 0 Å². The molecule has 3 heteroatoms. The Labute approximate surface area is 98.4 Å². The molecule has 0 spiro atoms. The highest BCUT2D eigenvalue weighted by Crippen LogP contribution is 2.28. The summed E-state index contributed by atoms with van der Waals surface area (Å²) in [7, 11) is 0. The molecule has 0 atom stereocenters. The maximum atomic E-state index is 9.76. The zero-order chi connectivity index (χ0) is 11.7. The maximum absolute atomic E-state index is 9.76. The molecule has 0 unspecified atom stereocenters. The molecule has 0 fully saturated rings. The van der Waals surface area contributed by atoms with Crippen LogP contribution in [0.5, 0.6) is 5.75 Å². The minimum absolute atomic E-state index is 0.191. The van der Waals surface area contributed by atoms with Gasteiger partial charge in [-0.2, -0.15) is 0 Å². The molecule has 2 aromatic heterocycles. The average molecular weight is 222 g/mol. The second-order valence-electron chi connectivity index (χ2n) is 3.78. The van der Waals surface area contributed by atoms with Crippen molar-refractivity contribution in [2.75, 3.05) is 0 Å². The first-order valence-corrected chi connectivity index (χ1v) is 5.34. The topological polar surface area (TPSA) is 46.0 Å². The standard InChI is InChI=1S/C14H10N2O/c17-13-4-2-8-16-14(13)11-5-6-12-10(9-11)3-1-7-15-12/h1-9,17H. The summed E-state index contributed by atoms with van der Waals surface area (Å²) in [5.74, 6) is 0.191. The van der Waals surface area contributed by atoms with Gasteiger partial charge in [-0.15, -0.1) is 0 Å². The van der Waals surface area contributed by atoms with E-state index in [1.165, 1.54) is 0 Å². The summed E-state index contributed by atoms with van der Waals surface area (Å²) in [6.45, 7) is 0. The summed E-state index contributed by atoms with van der Waals surface area (Å²) in [5.41, 5.74) is 2.42. The fraction of sp³-hybridized carbons (Fsp3) is 0. The van der Waals surface area contributed by atoms with Crippen LogP contribution in [0.2, 0.25) is 0 Å². The molecule has 0 saturated carbocycles. The van der Waals surface area contributed by atoms with Gasteiger partial charge in [0.2, 0.25) is 0 Å². The number of hydrogen-bond acceptors (Lipinski definition) is 3. The molecule has 0 aliphatic carbocycles. The number of fused-ring (bicyclic) bond motifs is 1. The van der Waals surface area contributed by atoms with Crippen LogP contribution >= 0.6 is 0 Å². The van der Waals surface area contributed by atoms with Crippen LogP contribution in [-0.4, -0.2) is 15.1 Å². The van der Waals surface area contributed by atoms with E-state index in [-0.39, 0.29) is 5.75 Å². The van der Waals surface area contributed by atoms with Gasteiger partial charge < -0.3 is 5.11 Å². The summed E-state index contributed by atoms with van der Waals surface area (Å²) in [6.07, 6.45) is 3.43. The molecule has 17 heavy (non-hydrogen) atoms. The minimum atomic E-state index is 0.191. The van der Waals surface area contributed by atoms with Crippen LogP contribution < -0.4 is 0 Å². The third kappa shape index (κ3) is 1.72. The molecule has 2 heterocycles. The average Bonchev–Trinajstić information content (AvgIpc) is 2.39. The van der Waals surface area contributed by atoms with Crippen molar-refractivity contribution in [3.8, 4) is 17.0 Å². The minimum Gasteiger partial charge on any atom is -0.506 e. The van der Waals surface area contributed by atoms with Crippen molar-refractivity contribution in [3.63, 3.8) is 0 Å². The zero-order valence-corrected chi connectivity index (χ0v) is 9.04. The lowest BCUT2D eigenvalue weighted by atomic mass is 10.1. The molecule has 3 aromatic rings. The van der Waals surface area contributed by atoms with Gasteiger partial charge in [-0.25, -0.2) is 0 Å². The van der Waals surface area contributed by atoms with Crippen LogP contribution in [0.15, 0.2) is 54.9 Å². The first-order chi connectivity index (χ1) is 8.34. The Kier molecular flexibility index (Phi) is 2.22. The predicted molar refractivity (Wildman–Crippen MR) is 66.6 cm³/mol. The first-order valence-electron chi connectivity index (χ1n) is 5.34. The smallest absolute Gasteiger partial charge is 0.141 e. The zero-order valence-electron chi connectivity index (χ0n) is 9.04. The summed E-state index contributed by atoms with van der Waals surface area (Å²) in [4.78, 5) is 8.44. The van der Waals surface area contributed by atoms with Crippen LogP contribution in [0, 0.1) is 0 Å². The molecule has 0 bridgehead atoms. The monoisotopic (exact) mass is 222 g/mol. The Morgan fingerprint density at radius 1 is 0.882 bits per heavy atom. The predicted octanol–water partition coefficient (Wildman–Crippen LogP) is 3.00. The molecule has 82 valence electrons. The first kappa shape index (κ1) is 9.78. The van der Waals surface area contributed by atoms with Crippen molar-refractivity contribution < 1.29 is 5.11 Å². The molecule has 1 aromatic carbocycles. The van der Waals surface area contributed by atoms with Gasteiger partial charge in [0, 0.05) is 23.3 Å². The number of rotatable bonds is 1. The number of pyridine rings is 2. The van der Waals surface area contributed by atoms with Gasteiger partial charge in [0.05, 0.1) is 5.52 Å². The van der Waals surface area contributed by atoms with Crippen LogP contribution in [0.4, 0.5) is 0 Å². The molecule has 3 nitrogen and oxygen atoms in total. The summed E-state index contributed by atoms with van der Waals surface area (Å²) in [6, 6.07) is 13.0. The van der Waals surface area contributed by atoms with Crippen molar-refractivity contribution in [2.24, 2.45) is 0 Å². The lowest BCUT2D eigenvalue weighted by molar-refractivity contribution is 0.475. The SMILES string of the molecule is Oc1cccnc1-c1ccc2ncccc2c1. The second kappa shape index (κ2) is 3.87. The van der Waals surface area contributed by atoms with E-state index in [0.29, 0.717) is 5.69 Å². The Morgan fingerprint density at radius 3 is 2.59 bits per heavy atom. The molecule has 0 saturated heterocycles. The number of benzene rings is 1. The highest BCUT2D eigenvalue weighted by molar-refractivity contribution is 5.84. The van der Waals surface area contributed by atoms with Gasteiger partial charge in [-0.1, -0.05) is 12.1 Å². The lowest BCUT2D eigenvalue weighted by Crippen LogP contribution is -1.84. The Bertz CT molecular complexity index is 680. The van der Waals surface area contributed by atoms with Crippen LogP contribution in [-0.2, 0) is 0 Å². The van der Waals surface area contributed by atoms with E-state index in [4.69, 9.17) is 0 Å². The molecule has 0 aliphatic heterocycles. The second-order valence-corrected chi connectivity index (χ2v) is 3.78. The third-order valence-electron chi connectivity index (χ3n) is 2.66. The number of nitrogens with zero attached hydrogens (tertiary/aromatic N) is 2. The van der Waals surface area contributed by atoms with E-state index < -0.39 is 0 Å². The van der Waals surface area contributed by atoms with E-state index in [1.54, 1.807) is 24.5 Å². The van der Waals surface area contributed by atoms with Gasteiger partial charge >= 0.3 is 0 Å². The van der Waals surface area contributed by atoms with E-state index in [2.05, 4.69) is 9.97 Å². The van der Waals surface area contributed by atoms with Crippen molar-refractivity contribution in [2.45, 2.75) is 0 Å². The molecule has 0 amide bonds. The van der Waals surface area contributed by atoms with Gasteiger partial charge in [-0.05, 0) is 30.3 Å². The number of aromatic hydroxyl groups is 1. The van der Waals surface area contributed by atoms with Crippen LogP contribution in [0.1, 0.15) is 0 Å². The van der Waals surface area contributed by atoms with Crippen LogP contribution in [0.25, 0.3) is 22.2 Å². The van der Waals surface area contributed by atoms with E-state index in [1.807, 2.05) is 30.3 Å². The third-order valence-corrected chi connectivity index (χ3v) is 2.66. The van der Waals surface area contributed by atoms with Crippen LogP contribution in [0.3, 0.4) is 0 Å². The normalized spacial score (nSPS) is 10.6. The molecule has 0 aliphatic rings. The highest BCUT2D eigenvalue weighted by Gasteiger charge is 2.05. The van der Waals surface area contributed by atoms with E-state index in [0.717, 1.165) is 16.5 Å². The van der Waals surface area contributed by atoms with Crippen molar-refractivity contribution in [1.29, 1.82) is 0 Å². The van der Waals surface area contributed by atoms with Crippen molar-refractivity contribution >= 4 is 10.9 Å². The van der Waals surface area contributed by atoms with E-state index in [9.17, 15) is 5.11 Å². The lowest BCUT2D eigenvalue weighted by Gasteiger charge is -2.04. The fourth-order valence-corrected chi connectivity index (χ4v) is 1.84. The maximum Gasteiger partial charge on any atom is 0.141 e.